The van der Waals surface area contributed by atoms with E-state index >= 15 is 0 Å². The maximum Gasteiger partial charge on any atom is 0.222 e. The molecule has 2 aliphatic rings. The van der Waals surface area contributed by atoms with Crippen molar-refractivity contribution in [2.75, 3.05) is 13.1 Å². The van der Waals surface area contributed by atoms with Gasteiger partial charge in [-0.05, 0) is 49.9 Å². The van der Waals surface area contributed by atoms with Gasteiger partial charge in [0.15, 0.2) is 0 Å². The number of hydrogen-bond donors (Lipinski definition) is 1. The van der Waals surface area contributed by atoms with Crippen LogP contribution in [0.5, 0.6) is 0 Å². The number of hydrogen-bond acceptors (Lipinski definition) is 3. The summed E-state index contributed by atoms with van der Waals surface area (Å²) in [5.41, 5.74) is 0.262. The summed E-state index contributed by atoms with van der Waals surface area (Å²) in [6, 6.07) is 0. The second-order valence-electron chi connectivity index (χ2n) is 10.8. The van der Waals surface area contributed by atoms with Gasteiger partial charge < -0.3 is 10.0 Å². The molecule has 0 aromatic rings. The van der Waals surface area contributed by atoms with Crippen molar-refractivity contribution < 1.29 is 14.7 Å². The molecule has 31 heavy (non-hydrogen) atoms. The summed E-state index contributed by atoms with van der Waals surface area (Å²) < 4.78 is 0. The molecule has 1 aliphatic heterocycles. The Morgan fingerprint density at radius 3 is 2.71 bits per heavy atom. The van der Waals surface area contributed by atoms with Crippen molar-refractivity contribution in [1.29, 1.82) is 0 Å². The summed E-state index contributed by atoms with van der Waals surface area (Å²) >= 11 is 0. The fraction of sp³-hybridized carbons (Fsp3) is 0.852. The first-order valence-electron chi connectivity index (χ1n) is 13.0. The number of likely N-dealkylation sites (tertiary alicyclic amines) is 1. The molecule has 3 atom stereocenters. The molecule has 0 aromatic heterocycles. The number of carbonyl (C=O) groups excluding carboxylic acids is 2. The Morgan fingerprint density at radius 2 is 1.97 bits per heavy atom. The Bertz CT molecular complexity index is 583. The van der Waals surface area contributed by atoms with Crippen LogP contribution in [0.3, 0.4) is 0 Å². The van der Waals surface area contributed by atoms with E-state index in [-0.39, 0.29) is 17.4 Å². The van der Waals surface area contributed by atoms with Gasteiger partial charge in [-0.3, -0.25) is 9.59 Å². The second-order valence-corrected chi connectivity index (χ2v) is 10.8. The number of aliphatic hydroxyl groups is 1. The van der Waals surface area contributed by atoms with E-state index in [2.05, 4.69) is 31.7 Å². The third kappa shape index (κ3) is 9.47. The van der Waals surface area contributed by atoms with Gasteiger partial charge in [-0.2, -0.15) is 0 Å². The van der Waals surface area contributed by atoms with Crippen LogP contribution in [0.25, 0.3) is 0 Å². The Labute approximate surface area is 190 Å². The minimum atomic E-state index is -0.370. The summed E-state index contributed by atoms with van der Waals surface area (Å²) in [7, 11) is 0. The minimum Gasteiger partial charge on any atom is -0.389 e. The van der Waals surface area contributed by atoms with Gasteiger partial charge in [-0.25, -0.2) is 0 Å². The number of amides is 1. The minimum absolute atomic E-state index is 0.135. The topological polar surface area (TPSA) is 57.6 Å². The van der Waals surface area contributed by atoms with Crippen molar-refractivity contribution in [3.05, 3.63) is 12.2 Å². The first-order chi connectivity index (χ1) is 14.8. The van der Waals surface area contributed by atoms with Crippen LogP contribution >= 0.6 is 0 Å². The third-order valence-corrected chi connectivity index (χ3v) is 7.25. The number of rotatable bonds is 13. The second kappa shape index (κ2) is 13.4. The number of aliphatic hydroxyl groups excluding tert-OH is 1. The Morgan fingerprint density at radius 1 is 1.19 bits per heavy atom. The lowest BCUT2D eigenvalue weighted by atomic mass is 9.84. The molecule has 4 nitrogen and oxygen atoms in total. The molecule has 0 aromatic carbocycles. The van der Waals surface area contributed by atoms with Gasteiger partial charge >= 0.3 is 0 Å². The van der Waals surface area contributed by atoms with Crippen LogP contribution in [0.15, 0.2) is 12.2 Å². The lowest BCUT2D eigenvalue weighted by molar-refractivity contribution is -0.134. The molecule has 2 rings (SSSR count). The van der Waals surface area contributed by atoms with E-state index in [1.54, 1.807) is 0 Å². The van der Waals surface area contributed by atoms with Crippen molar-refractivity contribution in [3.63, 3.8) is 0 Å². The van der Waals surface area contributed by atoms with Gasteiger partial charge in [0.05, 0.1) is 6.10 Å². The van der Waals surface area contributed by atoms with Crippen molar-refractivity contribution in [2.45, 2.75) is 117 Å². The fourth-order valence-corrected chi connectivity index (χ4v) is 5.30. The average Bonchev–Trinajstić information content (AvgIpc) is 3.07. The monoisotopic (exact) mass is 433 g/mol. The maximum absolute atomic E-state index is 12.5. The largest absolute Gasteiger partial charge is 0.389 e. The molecule has 1 heterocycles. The summed E-state index contributed by atoms with van der Waals surface area (Å²) in [5, 5.41) is 10.1. The van der Waals surface area contributed by atoms with Crippen LogP contribution in [0, 0.1) is 17.3 Å². The van der Waals surface area contributed by atoms with E-state index in [0.29, 0.717) is 30.4 Å². The molecule has 0 radical (unpaired) electrons. The highest BCUT2D eigenvalue weighted by Gasteiger charge is 2.32. The van der Waals surface area contributed by atoms with E-state index < -0.39 is 0 Å². The molecular formula is C27H47NO3. The number of Topliss-reactive ketones (excluding diaryl/α,β-unsaturated/α-hetero) is 1. The predicted octanol–water partition coefficient (Wildman–Crippen LogP) is 6.07. The zero-order valence-corrected chi connectivity index (χ0v) is 20.4. The summed E-state index contributed by atoms with van der Waals surface area (Å²) in [6.45, 7) is 8.51. The zero-order chi connectivity index (χ0) is 22.7. The molecule has 0 unspecified atom stereocenters. The third-order valence-electron chi connectivity index (χ3n) is 7.25. The molecule has 0 bridgehead atoms. The van der Waals surface area contributed by atoms with E-state index in [0.717, 1.165) is 77.3 Å². The van der Waals surface area contributed by atoms with Crippen molar-refractivity contribution in [3.8, 4) is 0 Å². The van der Waals surface area contributed by atoms with Gasteiger partial charge in [0.1, 0.15) is 5.78 Å². The Hall–Kier alpha value is -1.16. The average molecular weight is 434 g/mol. The smallest absolute Gasteiger partial charge is 0.222 e. The number of ketones is 1. The van der Waals surface area contributed by atoms with Crippen LogP contribution in [0.1, 0.15) is 111 Å². The number of unbranched alkanes of at least 4 members (excludes halogenated alkanes) is 5. The highest BCUT2D eigenvalue weighted by atomic mass is 16.3. The van der Waals surface area contributed by atoms with Gasteiger partial charge in [-0.1, -0.05) is 71.4 Å². The zero-order valence-electron chi connectivity index (χ0n) is 20.4. The Kier molecular flexibility index (Phi) is 11.3. The highest BCUT2D eigenvalue weighted by molar-refractivity contribution is 5.83. The van der Waals surface area contributed by atoms with Gasteiger partial charge in [0.25, 0.3) is 0 Å². The number of nitrogens with zero attached hydrogens (tertiary/aromatic N) is 1. The first kappa shape index (κ1) is 26.1. The summed E-state index contributed by atoms with van der Waals surface area (Å²) in [6.07, 6.45) is 17.7. The van der Waals surface area contributed by atoms with E-state index in [1.165, 1.54) is 12.8 Å². The van der Waals surface area contributed by atoms with E-state index in [1.807, 2.05) is 6.08 Å². The molecule has 1 saturated heterocycles. The molecule has 178 valence electrons. The standard InChI is InChI=1S/C27H47NO3/c1-4-5-8-12-23(29)17-15-22-16-18-25(30)24(22)13-9-6-7-10-14-26(31)28-20-11-19-27(2,3)21-28/h15,17,22-24,29H,4-14,16,18-21H2,1-3H3/t22-,23-,24+/m0/s1. The molecular weight excluding hydrogens is 386 g/mol. The lowest BCUT2D eigenvalue weighted by Gasteiger charge is -2.38. The normalized spacial score (nSPS) is 24.8. The summed E-state index contributed by atoms with van der Waals surface area (Å²) in [5.74, 6) is 1.16. The molecule has 0 spiro atoms. The van der Waals surface area contributed by atoms with Crippen LogP contribution in [0.2, 0.25) is 0 Å². The Balaban J connectivity index is 1.61. The molecule has 2 fully saturated rings. The van der Waals surface area contributed by atoms with Gasteiger partial charge in [-0.15, -0.1) is 0 Å². The van der Waals surface area contributed by atoms with Gasteiger partial charge in [0, 0.05) is 31.8 Å². The fourth-order valence-electron chi connectivity index (χ4n) is 5.30. The molecule has 4 heteroatoms. The van der Waals surface area contributed by atoms with Crippen LogP contribution < -0.4 is 0 Å². The predicted molar refractivity (Wildman–Crippen MR) is 128 cm³/mol. The first-order valence-corrected chi connectivity index (χ1v) is 13.0. The van der Waals surface area contributed by atoms with Crippen molar-refractivity contribution >= 4 is 11.7 Å². The van der Waals surface area contributed by atoms with E-state index in [9.17, 15) is 14.7 Å². The molecule has 1 aliphatic carbocycles. The highest BCUT2D eigenvalue weighted by Crippen LogP contribution is 2.34. The molecule has 1 amide bonds. The SMILES string of the molecule is CCCCC[C@H](O)C=C[C@H]1CCC(=O)[C@@H]1CCCCCCC(=O)N1CCCC(C)(C)C1. The molecule has 1 saturated carbocycles. The summed E-state index contributed by atoms with van der Waals surface area (Å²) in [4.78, 5) is 26.9. The van der Waals surface area contributed by atoms with Crippen LogP contribution in [0.4, 0.5) is 0 Å². The molecule has 1 N–H and O–H groups in total. The van der Waals surface area contributed by atoms with Crippen molar-refractivity contribution in [2.24, 2.45) is 17.3 Å². The van der Waals surface area contributed by atoms with Crippen molar-refractivity contribution in [1.82, 2.24) is 4.90 Å². The van der Waals surface area contributed by atoms with Crippen LogP contribution in [-0.2, 0) is 9.59 Å². The van der Waals surface area contributed by atoms with E-state index in [4.69, 9.17) is 0 Å². The number of carbonyl (C=O) groups is 2. The van der Waals surface area contributed by atoms with Crippen LogP contribution in [-0.4, -0.2) is 40.9 Å². The van der Waals surface area contributed by atoms with Gasteiger partial charge in [0.2, 0.25) is 5.91 Å². The quantitative estimate of drug-likeness (QED) is 0.283. The number of allylic oxidation sites excluding steroid dienone is 1. The maximum atomic E-state index is 12.5. The lowest BCUT2D eigenvalue weighted by Crippen LogP contribution is -2.43. The number of piperidine rings is 1.